The molecule has 0 N–H and O–H groups in total. The van der Waals surface area contributed by atoms with Crippen LogP contribution < -0.4 is 0 Å². The molecule has 0 aliphatic carbocycles. The zero-order valence-corrected chi connectivity index (χ0v) is 31.8. The van der Waals surface area contributed by atoms with Crippen molar-refractivity contribution in [2.75, 3.05) is 0 Å². The van der Waals surface area contributed by atoms with Crippen molar-refractivity contribution < 1.29 is 0 Å². The molecule has 12 rings (SSSR count). The first-order valence-electron chi connectivity index (χ1n) is 19.9. The van der Waals surface area contributed by atoms with Gasteiger partial charge in [-0.2, -0.15) is 0 Å². The molecule has 6 heteroatoms. The molecule has 12 aromatic rings. The van der Waals surface area contributed by atoms with E-state index in [9.17, 15) is 0 Å². The van der Waals surface area contributed by atoms with E-state index in [2.05, 4.69) is 184 Å². The van der Waals surface area contributed by atoms with E-state index in [1.54, 1.807) is 0 Å². The average Bonchev–Trinajstić information content (AvgIpc) is 4.00. The zero-order chi connectivity index (χ0) is 38.9. The number of hydrogen-bond acceptors (Lipinski definition) is 3. The Bertz CT molecular complexity index is 3430. The lowest BCUT2D eigenvalue weighted by Gasteiger charge is -2.16. The predicted molar refractivity (Wildman–Crippen MR) is 242 cm³/mol. The SMILES string of the molecule is c1ccc(-c2nc(-c3ccccc3)nc(-c3cc(-n4c5ccccc5c5ccccc54)cc(-n4c5ccccc5c5c6c(ccc54)ccn6-c4ccccc4)c3)n2)cc1. The molecule has 0 aliphatic rings. The lowest BCUT2D eigenvalue weighted by atomic mass is 10.1. The molecule has 276 valence electrons. The van der Waals surface area contributed by atoms with Gasteiger partial charge in [0.2, 0.25) is 0 Å². The van der Waals surface area contributed by atoms with Crippen molar-refractivity contribution in [2.45, 2.75) is 0 Å². The van der Waals surface area contributed by atoms with Gasteiger partial charge in [0, 0.05) is 66.9 Å². The number of benzene rings is 8. The first kappa shape index (κ1) is 33.1. The molecule has 4 aromatic heterocycles. The molecule has 59 heavy (non-hydrogen) atoms. The van der Waals surface area contributed by atoms with Crippen molar-refractivity contribution >= 4 is 54.5 Å². The van der Waals surface area contributed by atoms with Gasteiger partial charge in [0.15, 0.2) is 17.5 Å². The molecule has 8 aromatic carbocycles. The van der Waals surface area contributed by atoms with Gasteiger partial charge in [0.25, 0.3) is 0 Å². The molecule has 4 heterocycles. The van der Waals surface area contributed by atoms with E-state index in [1.165, 1.54) is 32.4 Å². The van der Waals surface area contributed by atoms with Gasteiger partial charge in [-0.25, -0.2) is 15.0 Å². The summed E-state index contributed by atoms with van der Waals surface area (Å²) >= 11 is 0. The van der Waals surface area contributed by atoms with Crippen LogP contribution in [0.15, 0.2) is 206 Å². The topological polar surface area (TPSA) is 53.5 Å². The smallest absolute Gasteiger partial charge is 0.164 e. The standard InChI is InChI=1S/C53H34N6/c1-4-16-36(17-5-1)51-54-52(37-18-6-2-7-19-37)56-53(55-51)38-32-40(58-45-25-13-10-22-42(45)43-23-11-14-26-46(43)58)34-41(33-38)59-47-27-15-12-24-44(47)49-48(59)29-28-35-30-31-57(50(35)49)39-20-8-3-9-21-39/h1-34H. The summed E-state index contributed by atoms with van der Waals surface area (Å²) in [5.74, 6) is 1.85. The normalized spacial score (nSPS) is 11.7. The van der Waals surface area contributed by atoms with E-state index >= 15 is 0 Å². The summed E-state index contributed by atoms with van der Waals surface area (Å²) in [6.07, 6.45) is 2.18. The average molecular weight is 755 g/mol. The Morgan fingerprint density at radius 1 is 0.322 bits per heavy atom. The lowest BCUT2D eigenvalue weighted by molar-refractivity contribution is 1.07. The molecule has 0 amide bonds. The van der Waals surface area contributed by atoms with E-state index in [0.717, 1.165) is 55.8 Å². The van der Waals surface area contributed by atoms with Crippen LogP contribution in [0.25, 0.3) is 106 Å². The van der Waals surface area contributed by atoms with Crippen molar-refractivity contribution in [3.8, 4) is 51.2 Å². The molecule has 0 saturated carbocycles. The van der Waals surface area contributed by atoms with Gasteiger partial charge < -0.3 is 13.7 Å². The van der Waals surface area contributed by atoms with Gasteiger partial charge in [-0.3, -0.25) is 0 Å². The maximum Gasteiger partial charge on any atom is 0.164 e. The van der Waals surface area contributed by atoms with Crippen molar-refractivity contribution in [3.63, 3.8) is 0 Å². The highest BCUT2D eigenvalue weighted by atomic mass is 15.1. The van der Waals surface area contributed by atoms with E-state index in [4.69, 9.17) is 15.0 Å². The molecule has 0 atom stereocenters. The van der Waals surface area contributed by atoms with Crippen LogP contribution in [-0.2, 0) is 0 Å². The van der Waals surface area contributed by atoms with Crippen LogP contribution in [0.5, 0.6) is 0 Å². The minimum absolute atomic E-state index is 0.600. The van der Waals surface area contributed by atoms with Crippen LogP contribution >= 0.6 is 0 Å². The Kier molecular flexibility index (Phi) is 7.43. The first-order valence-corrected chi connectivity index (χ1v) is 19.9. The maximum absolute atomic E-state index is 5.23. The fraction of sp³-hybridized carbons (Fsp3) is 0. The van der Waals surface area contributed by atoms with Gasteiger partial charge in [-0.05, 0) is 60.7 Å². The Morgan fingerprint density at radius 2 is 0.780 bits per heavy atom. The highest BCUT2D eigenvalue weighted by Gasteiger charge is 2.21. The van der Waals surface area contributed by atoms with Crippen molar-refractivity contribution in [1.29, 1.82) is 0 Å². The third-order valence-corrected chi connectivity index (χ3v) is 11.5. The first-order chi connectivity index (χ1) is 29.3. The van der Waals surface area contributed by atoms with E-state index < -0.39 is 0 Å². The van der Waals surface area contributed by atoms with Gasteiger partial charge in [0.1, 0.15) is 0 Å². The second kappa shape index (κ2) is 13.3. The summed E-state index contributed by atoms with van der Waals surface area (Å²) in [6.45, 7) is 0. The Labute approximate surface area is 339 Å². The number of para-hydroxylation sites is 4. The Morgan fingerprint density at radius 3 is 1.36 bits per heavy atom. The summed E-state index contributed by atoms with van der Waals surface area (Å²) in [4.78, 5) is 15.5. The monoisotopic (exact) mass is 754 g/mol. The second-order valence-electron chi connectivity index (χ2n) is 14.9. The van der Waals surface area contributed by atoms with Gasteiger partial charge >= 0.3 is 0 Å². The molecule has 0 fully saturated rings. The summed E-state index contributed by atoms with van der Waals surface area (Å²) in [5, 5.41) is 5.98. The van der Waals surface area contributed by atoms with Crippen molar-refractivity contribution in [2.24, 2.45) is 0 Å². The lowest BCUT2D eigenvalue weighted by Crippen LogP contribution is -2.03. The number of nitrogens with zero attached hydrogens (tertiary/aromatic N) is 6. The number of fused-ring (bicyclic) bond motifs is 8. The largest absolute Gasteiger partial charge is 0.316 e. The second-order valence-corrected chi connectivity index (χ2v) is 14.9. The third-order valence-electron chi connectivity index (χ3n) is 11.5. The molecular weight excluding hydrogens is 721 g/mol. The predicted octanol–water partition coefficient (Wildman–Crippen LogP) is 13.0. The fourth-order valence-electron chi connectivity index (χ4n) is 8.88. The molecule has 0 radical (unpaired) electrons. The number of aromatic nitrogens is 6. The molecule has 0 saturated heterocycles. The summed E-state index contributed by atoms with van der Waals surface area (Å²) in [6, 6.07) is 70.5. The van der Waals surface area contributed by atoms with Crippen LogP contribution in [0.2, 0.25) is 0 Å². The molecule has 0 bridgehead atoms. The summed E-state index contributed by atoms with van der Waals surface area (Å²) in [7, 11) is 0. The van der Waals surface area contributed by atoms with Crippen LogP contribution in [-0.4, -0.2) is 28.7 Å². The van der Waals surface area contributed by atoms with Crippen LogP contribution in [0.1, 0.15) is 0 Å². The quantitative estimate of drug-likeness (QED) is 0.170. The fourth-order valence-corrected chi connectivity index (χ4v) is 8.88. The highest BCUT2D eigenvalue weighted by molar-refractivity contribution is 6.21. The Balaban J connectivity index is 1.19. The molecule has 0 unspecified atom stereocenters. The number of rotatable bonds is 6. The molecular formula is C53H34N6. The third kappa shape index (κ3) is 5.31. The summed E-state index contributed by atoms with van der Waals surface area (Å²) in [5.41, 5.74) is 11.6. The van der Waals surface area contributed by atoms with Crippen LogP contribution in [0, 0.1) is 0 Å². The highest BCUT2D eigenvalue weighted by Crippen LogP contribution is 2.41. The van der Waals surface area contributed by atoms with Crippen molar-refractivity contribution in [1.82, 2.24) is 28.7 Å². The summed E-state index contributed by atoms with van der Waals surface area (Å²) < 4.78 is 7.10. The number of hydrogen-bond donors (Lipinski definition) is 0. The molecule has 0 aliphatic heterocycles. The van der Waals surface area contributed by atoms with Crippen LogP contribution in [0.4, 0.5) is 0 Å². The minimum atomic E-state index is 0.600. The van der Waals surface area contributed by atoms with Crippen LogP contribution in [0.3, 0.4) is 0 Å². The van der Waals surface area contributed by atoms with E-state index in [1.807, 2.05) is 36.4 Å². The van der Waals surface area contributed by atoms with E-state index in [-0.39, 0.29) is 0 Å². The molecule has 0 spiro atoms. The van der Waals surface area contributed by atoms with Gasteiger partial charge in [-0.15, -0.1) is 0 Å². The van der Waals surface area contributed by atoms with Gasteiger partial charge in [-0.1, -0.05) is 140 Å². The Hall–Kier alpha value is -8.09. The van der Waals surface area contributed by atoms with Gasteiger partial charge in [0.05, 0.1) is 27.6 Å². The zero-order valence-electron chi connectivity index (χ0n) is 31.8. The molecule has 6 nitrogen and oxygen atoms in total. The maximum atomic E-state index is 5.23. The minimum Gasteiger partial charge on any atom is -0.316 e. The van der Waals surface area contributed by atoms with E-state index in [0.29, 0.717) is 17.5 Å². The van der Waals surface area contributed by atoms with Crippen molar-refractivity contribution in [3.05, 3.63) is 206 Å².